The molecule has 18 heavy (non-hydrogen) atoms. The maximum atomic E-state index is 5.12. The number of furan rings is 1. The average molecular weight is 236 g/mol. The summed E-state index contributed by atoms with van der Waals surface area (Å²) in [7, 11) is 0. The zero-order valence-electron chi connectivity index (χ0n) is 9.71. The zero-order valence-corrected chi connectivity index (χ0v) is 9.71. The van der Waals surface area contributed by atoms with Gasteiger partial charge in [0.2, 0.25) is 0 Å². The van der Waals surface area contributed by atoms with Crippen LogP contribution in [0, 0.1) is 0 Å². The third-order valence-electron chi connectivity index (χ3n) is 2.69. The van der Waals surface area contributed by atoms with Crippen molar-refractivity contribution in [2.45, 2.75) is 0 Å². The number of nitrogens with one attached hydrogen (secondary N) is 1. The van der Waals surface area contributed by atoms with Gasteiger partial charge in [0.15, 0.2) is 0 Å². The molecule has 0 aliphatic rings. The Morgan fingerprint density at radius 1 is 0.889 bits per heavy atom. The number of rotatable bonds is 0. The highest BCUT2D eigenvalue weighted by Gasteiger charge is 1.89. The standard InChI is InChI=1S/C8H6O.C7H6N2/c1-2-4-8-7(3-1)5-6-9-8;1-2-4-7-6(3-1)8-5-9-7/h1-6H;1-5H,(H,8,9). The predicted molar refractivity (Wildman–Crippen MR) is 72.3 cm³/mol. The van der Waals surface area contributed by atoms with Crippen LogP contribution in [-0.4, -0.2) is 9.97 Å². The van der Waals surface area contributed by atoms with Crippen LogP contribution in [0.5, 0.6) is 0 Å². The summed E-state index contributed by atoms with van der Waals surface area (Å²) in [4.78, 5) is 7.07. The van der Waals surface area contributed by atoms with E-state index < -0.39 is 0 Å². The number of aromatic amines is 1. The Bertz CT molecular complexity index is 628. The van der Waals surface area contributed by atoms with Crippen molar-refractivity contribution in [1.82, 2.24) is 9.97 Å². The fourth-order valence-electron chi connectivity index (χ4n) is 1.79. The normalized spacial score (nSPS) is 10.2. The number of imidazole rings is 1. The third-order valence-corrected chi connectivity index (χ3v) is 2.69. The molecule has 0 saturated carbocycles. The molecule has 0 bridgehead atoms. The fraction of sp³-hybridized carbons (Fsp3) is 0. The van der Waals surface area contributed by atoms with Crippen LogP contribution in [0.1, 0.15) is 0 Å². The lowest BCUT2D eigenvalue weighted by atomic mass is 10.3. The van der Waals surface area contributed by atoms with Crippen molar-refractivity contribution in [2.24, 2.45) is 0 Å². The topological polar surface area (TPSA) is 41.8 Å². The molecule has 0 unspecified atom stereocenters. The summed E-state index contributed by atoms with van der Waals surface area (Å²) in [5.74, 6) is 0. The van der Waals surface area contributed by atoms with Gasteiger partial charge < -0.3 is 9.40 Å². The highest BCUT2D eigenvalue weighted by Crippen LogP contribution is 2.12. The molecule has 0 fully saturated rings. The van der Waals surface area contributed by atoms with E-state index >= 15 is 0 Å². The molecule has 4 rings (SSSR count). The molecule has 0 radical (unpaired) electrons. The molecule has 4 aromatic rings. The van der Waals surface area contributed by atoms with Gasteiger partial charge in [-0.1, -0.05) is 30.3 Å². The molecule has 0 aliphatic carbocycles. The average Bonchev–Trinajstić information content (AvgIpc) is 3.08. The number of aromatic nitrogens is 2. The van der Waals surface area contributed by atoms with E-state index in [0.717, 1.165) is 22.0 Å². The molecule has 0 saturated heterocycles. The monoisotopic (exact) mass is 236 g/mol. The van der Waals surface area contributed by atoms with Crippen LogP contribution >= 0.6 is 0 Å². The lowest BCUT2D eigenvalue weighted by Gasteiger charge is -1.81. The van der Waals surface area contributed by atoms with Gasteiger partial charge in [-0.25, -0.2) is 4.98 Å². The Balaban J connectivity index is 0.000000111. The van der Waals surface area contributed by atoms with Gasteiger partial charge in [0.1, 0.15) is 5.58 Å². The lowest BCUT2D eigenvalue weighted by molar-refractivity contribution is 0.616. The second-order valence-corrected chi connectivity index (χ2v) is 3.88. The minimum Gasteiger partial charge on any atom is -0.464 e. The van der Waals surface area contributed by atoms with Crippen LogP contribution in [-0.2, 0) is 0 Å². The summed E-state index contributed by atoms with van der Waals surface area (Å²) in [5.41, 5.74) is 3.08. The number of hydrogen-bond donors (Lipinski definition) is 1. The van der Waals surface area contributed by atoms with Gasteiger partial charge in [-0.15, -0.1) is 0 Å². The molecule has 2 aromatic heterocycles. The summed E-state index contributed by atoms with van der Waals surface area (Å²) in [5, 5.41) is 1.16. The van der Waals surface area contributed by atoms with Crippen LogP contribution in [0.3, 0.4) is 0 Å². The Kier molecular flexibility index (Phi) is 2.80. The number of nitrogens with zero attached hydrogens (tertiary/aromatic N) is 1. The van der Waals surface area contributed by atoms with Crippen LogP contribution in [0.25, 0.3) is 22.0 Å². The van der Waals surface area contributed by atoms with E-state index in [1.165, 1.54) is 0 Å². The first-order valence-corrected chi connectivity index (χ1v) is 5.74. The molecule has 3 nitrogen and oxygen atoms in total. The van der Waals surface area contributed by atoms with E-state index in [0.29, 0.717) is 0 Å². The maximum Gasteiger partial charge on any atom is 0.133 e. The van der Waals surface area contributed by atoms with E-state index in [1.54, 1.807) is 12.6 Å². The van der Waals surface area contributed by atoms with E-state index in [9.17, 15) is 0 Å². The summed E-state index contributed by atoms with van der Waals surface area (Å²) < 4.78 is 5.12. The SMILES string of the molecule is c1ccc2[nH]cnc2c1.c1ccc2occc2c1. The predicted octanol–water partition coefficient (Wildman–Crippen LogP) is 4.00. The summed E-state index contributed by atoms with van der Waals surface area (Å²) >= 11 is 0. The van der Waals surface area contributed by atoms with E-state index in [1.807, 2.05) is 54.6 Å². The van der Waals surface area contributed by atoms with Crippen molar-refractivity contribution < 1.29 is 4.42 Å². The van der Waals surface area contributed by atoms with Crippen molar-refractivity contribution in [3.05, 3.63) is 67.2 Å². The largest absolute Gasteiger partial charge is 0.464 e. The summed E-state index contributed by atoms with van der Waals surface area (Å²) in [6.07, 6.45) is 3.40. The smallest absolute Gasteiger partial charge is 0.133 e. The molecule has 0 amide bonds. The lowest BCUT2D eigenvalue weighted by Crippen LogP contribution is -1.63. The van der Waals surface area contributed by atoms with E-state index in [-0.39, 0.29) is 0 Å². The molecule has 88 valence electrons. The van der Waals surface area contributed by atoms with Crippen LogP contribution < -0.4 is 0 Å². The molecule has 3 heteroatoms. The Labute approximate surface area is 104 Å². The van der Waals surface area contributed by atoms with Gasteiger partial charge >= 0.3 is 0 Å². The fourth-order valence-corrected chi connectivity index (χ4v) is 1.79. The van der Waals surface area contributed by atoms with Crippen molar-refractivity contribution in [3.63, 3.8) is 0 Å². The molecule has 1 N–H and O–H groups in total. The van der Waals surface area contributed by atoms with E-state index in [4.69, 9.17) is 4.42 Å². The first-order valence-electron chi connectivity index (χ1n) is 5.74. The Morgan fingerprint density at radius 2 is 1.72 bits per heavy atom. The summed E-state index contributed by atoms with van der Waals surface area (Å²) in [6.45, 7) is 0. The molecule has 0 aliphatic heterocycles. The number of hydrogen-bond acceptors (Lipinski definition) is 2. The van der Waals surface area contributed by atoms with Crippen LogP contribution in [0.2, 0.25) is 0 Å². The quantitative estimate of drug-likeness (QED) is 0.501. The van der Waals surface area contributed by atoms with Crippen molar-refractivity contribution >= 4 is 22.0 Å². The Morgan fingerprint density at radius 3 is 2.61 bits per heavy atom. The van der Waals surface area contributed by atoms with E-state index in [2.05, 4.69) is 9.97 Å². The third kappa shape index (κ3) is 2.11. The van der Waals surface area contributed by atoms with Gasteiger partial charge in [0.05, 0.1) is 23.6 Å². The second kappa shape index (κ2) is 4.75. The Hall–Kier alpha value is -2.55. The highest BCUT2D eigenvalue weighted by atomic mass is 16.3. The van der Waals surface area contributed by atoms with Crippen molar-refractivity contribution in [1.29, 1.82) is 0 Å². The first kappa shape index (κ1) is 10.6. The summed E-state index contributed by atoms with van der Waals surface area (Å²) in [6, 6.07) is 17.8. The number of fused-ring (bicyclic) bond motifs is 2. The molecule has 2 heterocycles. The van der Waals surface area contributed by atoms with Crippen molar-refractivity contribution in [2.75, 3.05) is 0 Å². The minimum absolute atomic E-state index is 0.956. The molecular formula is C15H12N2O. The first-order chi connectivity index (χ1) is 8.93. The maximum absolute atomic E-state index is 5.12. The van der Waals surface area contributed by atoms with Gasteiger partial charge in [0, 0.05) is 5.39 Å². The van der Waals surface area contributed by atoms with Gasteiger partial charge in [-0.05, 0) is 24.3 Å². The van der Waals surface area contributed by atoms with Crippen LogP contribution in [0.15, 0.2) is 71.6 Å². The highest BCUT2D eigenvalue weighted by molar-refractivity contribution is 5.76. The molecular weight excluding hydrogens is 224 g/mol. The zero-order chi connectivity index (χ0) is 12.2. The van der Waals surface area contributed by atoms with Crippen LogP contribution in [0.4, 0.5) is 0 Å². The molecule has 2 aromatic carbocycles. The minimum atomic E-state index is 0.956. The number of H-pyrrole nitrogens is 1. The number of benzene rings is 2. The van der Waals surface area contributed by atoms with Gasteiger partial charge in [0.25, 0.3) is 0 Å². The van der Waals surface area contributed by atoms with Crippen molar-refractivity contribution in [3.8, 4) is 0 Å². The second-order valence-electron chi connectivity index (χ2n) is 3.88. The molecule has 0 spiro atoms. The number of para-hydroxylation sites is 3. The molecule has 0 atom stereocenters. The van der Waals surface area contributed by atoms with Gasteiger partial charge in [-0.3, -0.25) is 0 Å². The van der Waals surface area contributed by atoms with Gasteiger partial charge in [-0.2, -0.15) is 0 Å².